The Balaban J connectivity index is 1.66. The third-order valence-electron chi connectivity index (χ3n) is 5.18. The first-order chi connectivity index (χ1) is 16.8. The monoisotopic (exact) mass is 488 g/mol. The number of nitrogens with zero attached hydrogens (tertiary/aromatic N) is 4. The van der Waals surface area contributed by atoms with Crippen molar-refractivity contribution in [1.29, 1.82) is 5.26 Å². The van der Waals surface area contributed by atoms with E-state index in [1.807, 2.05) is 6.07 Å². The zero-order valence-corrected chi connectivity index (χ0v) is 19.3. The highest BCUT2D eigenvalue weighted by atomic mass is 35.5. The minimum absolute atomic E-state index is 0.103. The SMILES string of the molecule is COc1ccc2[nH]c(=O)c(/C=N\NC(=O)c3nn(-c4ccc(Cl)cc4)c(=O)c(C#N)c3C)cc2c1. The first kappa shape index (κ1) is 23.4. The quantitative estimate of drug-likeness (QED) is 0.326. The molecule has 0 unspecified atom stereocenters. The number of carbonyl (C=O) groups excluding carboxylic acids is 1. The normalized spacial score (nSPS) is 10.9. The topological polar surface area (TPSA) is 142 Å². The van der Waals surface area contributed by atoms with Gasteiger partial charge in [0, 0.05) is 21.5 Å². The number of hydrazone groups is 1. The van der Waals surface area contributed by atoms with E-state index in [-0.39, 0.29) is 22.4 Å². The summed E-state index contributed by atoms with van der Waals surface area (Å²) >= 11 is 5.90. The lowest BCUT2D eigenvalue weighted by molar-refractivity contribution is 0.0947. The van der Waals surface area contributed by atoms with E-state index in [1.165, 1.54) is 32.4 Å². The van der Waals surface area contributed by atoms with Crippen LogP contribution in [0.15, 0.2) is 63.2 Å². The average Bonchev–Trinajstić information content (AvgIpc) is 2.85. The molecule has 0 spiro atoms. The summed E-state index contributed by atoms with van der Waals surface area (Å²) in [6.45, 7) is 1.44. The van der Waals surface area contributed by atoms with Crippen molar-refractivity contribution >= 4 is 34.6 Å². The minimum atomic E-state index is -0.767. The molecule has 10 nitrogen and oxygen atoms in total. The zero-order chi connectivity index (χ0) is 25.1. The Kier molecular flexibility index (Phi) is 6.44. The fourth-order valence-corrected chi connectivity index (χ4v) is 3.47. The number of pyridine rings is 1. The standard InChI is InChI=1S/C24H17ClN6O4/c1-13-19(11-26)24(34)31(17-5-3-16(25)4-6-17)30-21(13)23(33)29-27-12-15-9-14-10-18(35-2)7-8-20(14)28-22(15)32/h3-10,12H,1-2H3,(H,28,32)(H,29,33)/b27-12-. The number of halogens is 1. The first-order valence-corrected chi connectivity index (χ1v) is 10.5. The van der Waals surface area contributed by atoms with Gasteiger partial charge in [0.15, 0.2) is 5.69 Å². The van der Waals surface area contributed by atoms with Gasteiger partial charge in [0.05, 0.1) is 24.6 Å². The van der Waals surface area contributed by atoms with Crippen LogP contribution >= 0.6 is 11.6 Å². The van der Waals surface area contributed by atoms with Gasteiger partial charge in [-0.05, 0) is 55.5 Å². The lowest BCUT2D eigenvalue weighted by atomic mass is 10.1. The molecule has 0 fully saturated rings. The number of aromatic amines is 1. The minimum Gasteiger partial charge on any atom is -0.497 e. The van der Waals surface area contributed by atoms with E-state index in [9.17, 15) is 19.6 Å². The number of hydrogen-bond donors (Lipinski definition) is 2. The fourth-order valence-electron chi connectivity index (χ4n) is 3.35. The molecule has 2 aromatic carbocycles. The molecule has 0 saturated heterocycles. The molecule has 0 aliphatic carbocycles. The lowest BCUT2D eigenvalue weighted by Crippen LogP contribution is -2.31. The second-order valence-corrected chi connectivity index (χ2v) is 7.80. The summed E-state index contributed by atoms with van der Waals surface area (Å²) in [4.78, 5) is 40.6. The Morgan fingerprint density at radius 2 is 1.97 bits per heavy atom. The van der Waals surface area contributed by atoms with Gasteiger partial charge >= 0.3 is 0 Å². The van der Waals surface area contributed by atoms with Gasteiger partial charge in [-0.1, -0.05) is 11.6 Å². The fraction of sp³-hybridized carbons (Fsp3) is 0.0833. The summed E-state index contributed by atoms with van der Waals surface area (Å²) < 4.78 is 6.14. The largest absolute Gasteiger partial charge is 0.497 e. The van der Waals surface area contributed by atoms with Crippen molar-refractivity contribution in [3.63, 3.8) is 0 Å². The van der Waals surface area contributed by atoms with E-state index in [4.69, 9.17) is 16.3 Å². The molecule has 174 valence electrons. The molecule has 0 atom stereocenters. The van der Waals surface area contributed by atoms with Crippen LogP contribution in [0.4, 0.5) is 0 Å². The van der Waals surface area contributed by atoms with Crippen molar-refractivity contribution in [2.45, 2.75) is 6.92 Å². The molecule has 0 saturated carbocycles. The van der Waals surface area contributed by atoms with E-state index >= 15 is 0 Å². The Labute approximate surface area is 203 Å². The Morgan fingerprint density at radius 3 is 2.66 bits per heavy atom. The summed E-state index contributed by atoms with van der Waals surface area (Å²) in [5.74, 6) is -0.150. The van der Waals surface area contributed by atoms with Crippen LogP contribution < -0.4 is 21.3 Å². The molecule has 11 heteroatoms. The number of nitriles is 1. The number of fused-ring (bicyclic) bond motifs is 1. The number of methoxy groups -OCH3 is 1. The summed E-state index contributed by atoms with van der Waals surface area (Å²) in [6.07, 6.45) is 1.19. The van der Waals surface area contributed by atoms with Crippen LogP contribution in [-0.4, -0.2) is 34.0 Å². The van der Waals surface area contributed by atoms with Gasteiger partial charge in [-0.25, -0.2) is 5.43 Å². The van der Waals surface area contributed by atoms with Gasteiger partial charge in [-0.2, -0.15) is 20.1 Å². The number of amides is 1. The van der Waals surface area contributed by atoms with Crippen molar-refractivity contribution in [3.8, 4) is 17.5 Å². The second kappa shape index (κ2) is 9.62. The molecule has 35 heavy (non-hydrogen) atoms. The van der Waals surface area contributed by atoms with Crippen molar-refractivity contribution in [3.05, 3.63) is 96.6 Å². The molecule has 4 rings (SSSR count). The number of aromatic nitrogens is 3. The van der Waals surface area contributed by atoms with Gasteiger partial charge in [-0.3, -0.25) is 14.4 Å². The van der Waals surface area contributed by atoms with Crippen LogP contribution in [-0.2, 0) is 0 Å². The van der Waals surface area contributed by atoms with Crippen LogP contribution in [0.25, 0.3) is 16.6 Å². The smallest absolute Gasteiger partial charge is 0.292 e. The van der Waals surface area contributed by atoms with Crippen LogP contribution in [0.3, 0.4) is 0 Å². The second-order valence-electron chi connectivity index (χ2n) is 7.36. The highest BCUT2D eigenvalue weighted by Crippen LogP contribution is 2.18. The van der Waals surface area contributed by atoms with Gasteiger partial charge in [0.25, 0.3) is 17.0 Å². The third-order valence-corrected chi connectivity index (χ3v) is 5.44. The predicted molar refractivity (Wildman–Crippen MR) is 130 cm³/mol. The molecule has 2 aromatic heterocycles. The number of benzene rings is 2. The maximum Gasteiger partial charge on any atom is 0.292 e. The molecule has 1 amide bonds. The van der Waals surface area contributed by atoms with Crippen LogP contribution in [0.1, 0.15) is 27.2 Å². The predicted octanol–water partition coefficient (Wildman–Crippen LogP) is 2.68. The Morgan fingerprint density at radius 1 is 1.23 bits per heavy atom. The number of rotatable bonds is 5. The molecule has 4 aromatic rings. The average molecular weight is 489 g/mol. The number of carbonyl (C=O) groups is 1. The number of hydrogen-bond acceptors (Lipinski definition) is 7. The van der Waals surface area contributed by atoms with Crippen LogP contribution in [0.2, 0.25) is 5.02 Å². The molecule has 0 bridgehead atoms. The maximum atomic E-state index is 12.8. The van der Waals surface area contributed by atoms with E-state index < -0.39 is 17.0 Å². The van der Waals surface area contributed by atoms with Gasteiger partial charge in [0.2, 0.25) is 0 Å². The molecule has 0 aliphatic heterocycles. The summed E-state index contributed by atoms with van der Waals surface area (Å²) in [6, 6.07) is 14.8. The van der Waals surface area contributed by atoms with Crippen molar-refractivity contribution in [1.82, 2.24) is 20.2 Å². The first-order valence-electron chi connectivity index (χ1n) is 10.2. The Bertz CT molecular complexity index is 1650. The highest BCUT2D eigenvalue weighted by Gasteiger charge is 2.20. The summed E-state index contributed by atoms with van der Waals surface area (Å²) in [5.41, 5.74) is 2.04. The van der Waals surface area contributed by atoms with Crippen molar-refractivity contribution in [2.24, 2.45) is 5.10 Å². The third kappa shape index (κ3) is 4.66. The Hall–Kier alpha value is -4.75. The van der Waals surface area contributed by atoms with Gasteiger partial charge in [-0.15, -0.1) is 0 Å². The lowest BCUT2D eigenvalue weighted by Gasteiger charge is -2.10. The molecule has 0 radical (unpaired) electrons. The van der Waals surface area contributed by atoms with Crippen molar-refractivity contribution in [2.75, 3.05) is 7.11 Å². The van der Waals surface area contributed by atoms with E-state index in [0.29, 0.717) is 27.4 Å². The van der Waals surface area contributed by atoms with Gasteiger partial charge in [0.1, 0.15) is 17.4 Å². The molecular formula is C24H17ClN6O4. The van der Waals surface area contributed by atoms with Gasteiger partial charge < -0.3 is 9.72 Å². The summed E-state index contributed by atoms with van der Waals surface area (Å²) in [7, 11) is 1.54. The molecule has 2 N–H and O–H groups in total. The number of H-pyrrole nitrogens is 1. The van der Waals surface area contributed by atoms with E-state index in [1.54, 1.807) is 36.4 Å². The molecule has 2 heterocycles. The van der Waals surface area contributed by atoms with Crippen molar-refractivity contribution < 1.29 is 9.53 Å². The molecule has 0 aliphatic rings. The summed E-state index contributed by atoms with van der Waals surface area (Å²) in [5, 5.41) is 18.6. The maximum absolute atomic E-state index is 12.8. The molecular weight excluding hydrogens is 472 g/mol. The zero-order valence-electron chi connectivity index (χ0n) is 18.5. The number of nitrogens with one attached hydrogen (secondary N) is 2. The van der Waals surface area contributed by atoms with E-state index in [0.717, 1.165) is 4.68 Å². The van der Waals surface area contributed by atoms with E-state index in [2.05, 4.69) is 20.6 Å². The van der Waals surface area contributed by atoms with Crippen LogP contribution in [0.5, 0.6) is 5.75 Å². The number of ether oxygens (including phenoxy) is 1. The highest BCUT2D eigenvalue weighted by molar-refractivity contribution is 6.30. The van der Waals surface area contributed by atoms with Crippen LogP contribution in [0, 0.1) is 18.3 Å².